The van der Waals surface area contributed by atoms with E-state index in [0.29, 0.717) is 15.8 Å². The fraction of sp³-hybridized carbons (Fsp3) is 0. The highest BCUT2D eigenvalue weighted by molar-refractivity contribution is 9.10. The summed E-state index contributed by atoms with van der Waals surface area (Å²) >= 11 is 3.21. The van der Waals surface area contributed by atoms with Gasteiger partial charge in [-0.3, -0.25) is 4.98 Å². The van der Waals surface area contributed by atoms with Gasteiger partial charge in [-0.1, -0.05) is 0 Å². The van der Waals surface area contributed by atoms with Gasteiger partial charge in [0.25, 0.3) is 0 Å². The van der Waals surface area contributed by atoms with Crippen LogP contribution in [0.3, 0.4) is 0 Å². The molecule has 0 aliphatic rings. The van der Waals surface area contributed by atoms with Crippen LogP contribution >= 0.6 is 15.9 Å². The van der Waals surface area contributed by atoms with Crippen LogP contribution in [0.15, 0.2) is 44.4 Å². The van der Waals surface area contributed by atoms with E-state index in [1.807, 2.05) is 12.1 Å². The summed E-state index contributed by atoms with van der Waals surface area (Å²) in [5.74, 6) is -0.457. The normalized spacial score (nSPS) is 10.9. The smallest absolute Gasteiger partial charge is 0.408 e. The second-order valence-electron chi connectivity index (χ2n) is 3.44. The monoisotopic (exact) mass is 291 g/mol. The molecule has 6 heteroatoms. The molecule has 0 bridgehead atoms. The van der Waals surface area contributed by atoms with Crippen molar-refractivity contribution in [2.45, 2.75) is 0 Å². The Hall–Kier alpha value is -1.95. The molecule has 84 valence electrons. The number of fused-ring (bicyclic) bond motifs is 1. The minimum absolute atomic E-state index is 0.457. The first-order chi connectivity index (χ1) is 8.22. The summed E-state index contributed by atoms with van der Waals surface area (Å²) in [5, 5.41) is 0. The molecule has 2 heterocycles. The number of oxazole rings is 1. The van der Waals surface area contributed by atoms with Gasteiger partial charge < -0.3 is 4.42 Å². The van der Waals surface area contributed by atoms with Gasteiger partial charge in [-0.2, -0.15) is 0 Å². The third-order valence-corrected chi connectivity index (χ3v) is 2.72. The summed E-state index contributed by atoms with van der Waals surface area (Å²) in [6, 6.07) is 7.19. The molecule has 5 nitrogen and oxygen atoms in total. The molecule has 3 aromatic rings. The Morgan fingerprint density at radius 2 is 2.18 bits per heavy atom. The predicted molar refractivity (Wildman–Crippen MR) is 65.6 cm³/mol. The fourth-order valence-corrected chi connectivity index (χ4v) is 1.92. The molecule has 1 aromatic carbocycles. The Morgan fingerprint density at radius 3 is 3.00 bits per heavy atom. The molecule has 0 amide bonds. The third-order valence-electron chi connectivity index (χ3n) is 2.34. The average molecular weight is 292 g/mol. The molecular formula is C11H6BrN3O2. The van der Waals surface area contributed by atoms with Crippen LogP contribution in [0.4, 0.5) is 0 Å². The van der Waals surface area contributed by atoms with Gasteiger partial charge in [-0.05, 0) is 40.2 Å². The van der Waals surface area contributed by atoms with Gasteiger partial charge >= 0.3 is 5.76 Å². The van der Waals surface area contributed by atoms with Crippen molar-refractivity contribution in [3.8, 4) is 11.3 Å². The number of H-pyrrole nitrogens is 1. The molecule has 0 saturated carbocycles. The van der Waals surface area contributed by atoms with Crippen LogP contribution < -0.4 is 5.76 Å². The maximum Gasteiger partial charge on any atom is 0.417 e. The summed E-state index contributed by atoms with van der Waals surface area (Å²) in [5.41, 5.74) is 2.85. The van der Waals surface area contributed by atoms with Gasteiger partial charge in [0.2, 0.25) is 0 Å². The standard InChI is InChI=1S/C11H6BrN3O2/c12-10-13-4-3-7(14-10)6-1-2-9-8(5-6)15-11(16)17-9/h1-5H,(H,15,16). The van der Waals surface area contributed by atoms with E-state index in [1.165, 1.54) is 0 Å². The first-order valence-electron chi connectivity index (χ1n) is 4.84. The number of nitrogens with one attached hydrogen (secondary N) is 1. The molecule has 0 atom stereocenters. The summed E-state index contributed by atoms with van der Waals surface area (Å²) in [6.45, 7) is 0. The molecule has 1 N–H and O–H groups in total. The summed E-state index contributed by atoms with van der Waals surface area (Å²) < 4.78 is 5.45. The molecule has 17 heavy (non-hydrogen) atoms. The van der Waals surface area contributed by atoms with Gasteiger partial charge in [-0.15, -0.1) is 0 Å². The number of benzene rings is 1. The van der Waals surface area contributed by atoms with Gasteiger partial charge in [0, 0.05) is 11.8 Å². The van der Waals surface area contributed by atoms with Crippen molar-refractivity contribution in [3.05, 3.63) is 45.7 Å². The molecule has 0 unspecified atom stereocenters. The van der Waals surface area contributed by atoms with Crippen molar-refractivity contribution < 1.29 is 4.42 Å². The van der Waals surface area contributed by atoms with Crippen LogP contribution in [0.25, 0.3) is 22.4 Å². The maximum atomic E-state index is 11.0. The zero-order valence-corrected chi connectivity index (χ0v) is 10.1. The van der Waals surface area contributed by atoms with Crippen molar-refractivity contribution in [2.75, 3.05) is 0 Å². The first kappa shape index (κ1) is 10.2. The molecule has 0 aliphatic heterocycles. The predicted octanol–water partition coefficient (Wildman–Crippen LogP) is 2.34. The third kappa shape index (κ3) is 1.87. The van der Waals surface area contributed by atoms with E-state index in [9.17, 15) is 4.79 Å². The van der Waals surface area contributed by atoms with E-state index >= 15 is 0 Å². The van der Waals surface area contributed by atoms with Crippen LogP contribution in [0, 0.1) is 0 Å². The Labute approximate surface area is 104 Å². The quantitative estimate of drug-likeness (QED) is 0.699. The molecule has 0 aliphatic carbocycles. The van der Waals surface area contributed by atoms with E-state index < -0.39 is 5.76 Å². The van der Waals surface area contributed by atoms with E-state index in [1.54, 1.807) is 18.3 Å². The average Bonchev–Trinajstić information content (AvgIpc) is 2.68. The zero-order chi connectivity index (χ0) is 11.8. The Kier molecular flexibility index (Phi) is 2.29. The summed E-state index contributed by atoms with van der Waals surface area (Å²) in [4.78, 5) is 21.8. The SMILES string of the molecule is O=c1[nH]c2cc(-c3ccnc(Br)n3)ccc2o1. The van der Waals surface area contributed by atoms with Crippen LogP contribution in [0.5, 0.6) is 0 Å². The summed E-state index contributed by atoms with van der Waals surface area (Å²) in [7, 11) is 0. The second-order valence-corrected chi connectivity index (χ2v) is 4.15. The Morgan fingerprint density at radius 1 is 1.29 bits per heavy atom. The molecule has 0 fully saturated rings. The number of halogens is 1. The molecule has 0 radical (unpaired) electrons. The van der Waals surface area contributed by atoms with Gasteiger partial charge in [0.1, 0.15) is 0 Å². The Balaban J connectivity index is 2.20. The lowest BCUT2D eigenvalue weighted by atomic mass is 10.1. The molecule has 0 saturated heterocycles. The minimum atomic E-state index is -0.457. The largest absolute Gasteiger partial charge is 0.417 e. The highest BCUT2D eigenvalue weighted by Gasteiger charge is 2.05. The van der Waals surface area contributed by atoms with Gasteiger partial charge in [-0.25, -0.2) is 14.8 Å². The van der Waals surface area contributed by atoms with Gasteiger partial charge in [0.15, 0.2) is 10.3 Å². The Bertz CT molecular complexity index is 748. The highest BCUT2D eigenvalue weighted by atomic mass is 79.9. The number of aromatic nitrogens is 3. The van der Waals surface area contributed by atoms with E-state index in [2.05, 4.69) is 30.9 Å². The number of aromatic amines is 1. The zero-order valence-electron chi connectivity index (χ0n) is 8.48. The lowest BCUT2D eigenvalue weighted by Gasteiger charge is -2.00. The van der Waals surface area contributed by atoms with Gasteiger partial charge in [0.05, 0.1) is 11.2 Å². The number of nitrogens with zero attached hydrogens (tertiary/aromatic N) is 2. The highest BCUT2D eigenvalue weighted by Crippen LogP contribution is 2.21. The van der Waals surface area contributed by atoms with Crippen LogP contribution in [0.1, 0.15) is 0 Å². The lowest BCUT2D eigenvalue weighted by molar-refractivity contribution is 0.555. The second kappa shape index (κ2) is 3.81. The molecule has 2 aromatic heterocycles. The number of rotatable bonds is 1. The molecule has 0 spiro atoms. The van der Waals surface area contributed by atoms with Crippen molar-refractivity contribution >= 4 is 27.0 Å². The maximum absolute atomic E-state index is 11.0. The van der Waals surface area contributed by atoms with Crippen molar-refractivity contribution in [3.63, 3.8) is 0 Å². The van der Waals surface area contributed by atoms with E-state index in [-0.39, 0.29) is 0 Å². The molecule has 3 rings (SSSR count). The van der Waals surface area contributed by atoms with Crippen LogP contribution in [0.2, 0.25) is 0 Å². The fourth-order valence-electron chi connectivity index (χ4n) is 1.61. The van der Waals surface area contributed by atoms with Crippen molar-refractivity contribution in [2.24, 2.45) is 0 Å². The number of hydrogen-bond donors (Lipinski definition) is 1. The van der Waals surface area contributed by atoms with Crippen molar-refractivity contribution in [1.82, 2.24) is 15.0 Å². The van der Waals surface area contributed by atoms with E-state index in [0.717, 1.165) is 11.3 Å². The van der Waals surface area contributed by atoms with E-state index in [4.69, 9.17) is 4.42 Å². The van der Waals surface area contributed by atoms with Crippen LogP contribution in [-0.2, 0) is 0 Å². The summed E-state index contributed by atoms with van der Waals surface area (Å²) in [6.07, 6.45) is 1.66. The first-order valence-corrected chi connectivity index (χ1v) is 5.63. The molecular weight excluding hydrogens is 286 g/mol. The topological polar surface area (TPSA) is 71.8 Å². The number of hydrogen-bond acceptors (Lipinski definition) is 4. The van der Waals surface area contributed by atoms with Crippen LogP contribution in [-0.4, -0.2) is 15.0 Å². The lowest BCUT2D eigenvalue weighted by Crippen LogP contribution is -1.93. The van der Waals surface area contributed by atoms with Crippen molar-refractivity contribution in [1.29, 1.82) is 0 Å². The minimum Gasteiger partial charge on any atom is -0.408 e.